The molecule has 1 N–H and O–H groups in total. The van der Waals surface area contributed by atoms with E-state index in [1.807, 2.05) is 24.3 Å². The highest BCUT2D eigenvalue weighted by molar-refractivity contribution is 9.11. The normalized spacial score (nSPS) is 10.1. The minimum atomic E-state index is -0.208. The van der Waals surface area contributed by atoms with Gasteiger partial charge in [-0.3, -0.25) is 4.79 Å². The fourth-order valence-corrected chi connectivity index (χ4v) is 2.76. The van der Waals surface area contributed by atoms with Crippen LogP contribution in [-0.2, 0) is 0 Å². The fourth-order valence-electron chi connectivity index (χ4n) is 1.61. The van der Waals surface area contributed by atoms with Crippen molar-refractivity contribution in [3.05, 3.63) is 57.0 Å². The first kappa shape index (κ1) is 14.1. The summed E-state index contributed by atoms with van der Waals surface area (Å²) < 4.78 is 6.92. The number of hydrogen-bond acceptors (Lipinski definition) is 2. The molecule has 0 aromatic heterocycles. The summed E-state index contributed by atoms with van der Waals surface area (Å²) in [6.45, 7) is 0. The topological polar surface area (TPSA) is 38.3 Å². The van der Waals surface area contributed by atoms with Gasteiger partial charge in [0.15, 0.2) is 0 Å². The third-order valence-corrected chi connectivity index (χ3v) is 3.68. The average Bonchev–Trinajstić information content (AvgIpc) is 2.41. The highest BCUT2D eigenvalue weighted by Gasteiger charge is 2.12. The van der Waals surface area contributed by atoms with E-state index in [0.29, 0.717) is 17.0 Å². The van der Waals surface area contributed by atoms with Crippen molar-refractivity contribution in [2.75, 3.05) is 12.4 Å². The Bertz CT molecular complexity index is 614. The second-order valence-electron chi connectivity index (χ2n) is 3.78. The van der Waals surface area contributed by atoms with Gasteiger partial charge in [-0.2, -0.15) is 0 Å². The lowest BCUT2D eigenvalue weighted by Crippen LogP contribution is -2.13. The Labute approximate surface area is 128 Å². The van der Waals surface area contributed by atoms with Gasteiger partial charge in [-0.25, -0.2) is 0 Å². The molecule has 0 atom stereocenters. The van der Waals surface area contributed by atoms with Crippen LogP contribution in [0.15, 0.2) is 51.4 Å². The van der Waals surface area contributed by atoms with Crippen LogP contribution in [0.4, 0.5) is 5.69 Å². The number of ether oxygens (including phenoxy) is 1. The van der Waals surface area contributed by atoms with Crippen molar-refractivity contribution in [3.63, 3.8) is 0 Å². The fraction of sp³-hybridized carbons (Fsp3) is 0.0714. The zero-order valence-corrected chi connectivity index (χ0v) is 13.3. The Morgan fingerprint density at radius 1 is 1.16 bits per heavy atom. The minimum absolute atomic E-state index is 0.208. The molecule has 0 heterocycles. The lowest BCUT2D eigenvalue weighted by molar-refractivity contribution is 0.102. The number of halogens is 2. The van der Waals surface area contributed by atoms with Crippen molar-refractivity contribution in [1.82, 2.24) is 0 Å². The summed E-state index contributed by atoms with van der Waals surface area (Å²) in [7, 11) is 1.54. The molecule has 2 aromatic carbocycles. The van der Waals surface area contributed by atoms with Crippen molar-refractivity contribution in [2.45, 2.75) is 0 Å². The second-order valence-corrected chi connectivity index (χ2v) is 5.55. The Kier molecular flexibility index (Phi) is 4.61. The number of carbonyl (C=O) groups is 1. The van der Waals surface area contributed by atoms with Crippen LogP contribution >= 0.6 is 31.9 Å². The van der Waals surface area contributed by atoms with E-state index in [1.165, 1.54) is 0 Å². The lowest BCUT2D eigenvalue weighted by atomic mass is 10.2. The van der Waals surface area contributed by atoms with Gasteiger partial charge in [-0.05, 0) is 46.3 Å². The number of carbonyl (C=O) groups excluding carboxylic acids is 1. The molecule has 0 radical (unpaired) electrons. The molecule has 0 saturated heterocycles. The Morgan fingerprint density at radius 2 is 1.89 bits per heavy atom. The third kappa shape index (κ3) is 3.36. The zero-order valence-electron chi connectivity index (χ0n) is 10.1. The molecule has 0 aliphatic carbocycles. The zero-order chi connectivity index (χ0) is 13.8. The number of benzene rings is 2. The van der Waals surface area contributed by atoms with Crippen molar-refractivity contribution >= 4 is 43.5 Å². The van der Waals surface area contributed by atoms with E-state index in [4.69, 9.17) is 4.74 Å². The molecule has 0 spiro atoms. The van der Waals surface area contributed by atoms with Crippen molar-refractivity contribution < 1.29 is 9.53 Å². The predicted octanol–water partition coefficient (Wildman–Crippen LogP) is 4.47. The minimum Gasteiger partial charge on any atom is -0.496 e. The van der Waals surface area contributed by atoms with Gasteiger partial charge < -0.3 is 10.1 Å². The first-order chi connectivity index (χ1) is 9.11. The molecular formula is C14H11Br2NO2. The molecule has 98 valence electrons. The molecule has 0 aliphatic heterocycles. The van der Waals surface area contributed by atoms with Crippen LogP contribution in [0, 0.1) is 0 Å². The number of rotatable bonds is 3. The molecule has 0 aliphatic rings. The predicted molar refractivity (Wildman–Crippen MR) is 82.8 cm³/mol. The van der Waals surface area contributed by atoms with E-state index in [1.54, 1.807) is 25.3 Å². The number of nitrogens with one attached hydrogen (secondary N) is 1. The highest BCUT2D eigenvalue weighted by Crippen LogP contribution is 2.27. The third-order valence-electron chi connectivity index (χ3n) is 2.53. The first-order valence-corrected chi connectivity index (χ1v) is 7.10. The van der Waals surface area contributed by atoms with Gasteiger partial charge in [0.1, 0.15) is 5.75 Å². The van der Waals surface area contributed by atoms with Gasteiger partial charge in [0.05, 0.1) is 18.4 Å². The molecule has 0 bridgehead atoms. The molecule has 0 saturated carbocycles. The number of methoxy groups -OCH3 is 1. The van der Waals surface area contributed by atoms with E-state index in [2.05, 4.69) is 37.2 Å². The van der Waals surface area contributed by atoms with Gasteiger partial charge in [-0.1, -0.05) is 28.1 Å². The Balaban J connectivity index is 2.26. The summed E-state index contributed by atoms with van der Waals surface area (Å²) in [6, 6.07) is 12.7. The summed E-state index contributed by atoms with van der Waals surface area (Å²) in [6.07, 6.45) is 0. The van der Waals surface area contributed by atoms with Crippen LogP contribution in [0.1, 0.15) is 10.4 Å². The maximum atomic E-state index is 12.2. The molecule has 2 aromatic rings. The van der Waals surface area contributed by atoms with Gasteiger partial charge >= 0.3 is 0 Å². The molecule has 0 unspecified atom stereocenters. The summed E-state index contributed by atoms with van der Waals surface area (Å²) in [5.41, 5.74) is 1.21. The SMILES string of the molecule is COc1ccccc1C(=O)Nc1ccc(Br)cc1Br. The highest BCUT2D eigenvalue weighted by atomic mass is 79.9. The van der Waals surface area contributed by atoms with Crippen molar-refractivity contribution in [3.8, 4) is 5.75 Å². The molecule has 19 heavy (non-hydrogen) atoms. The van der Waals surface area contributed by atoms with E-state index in [9.17, 15) is 4.79 Å². The van der Waals surface area contributed by atoms with Crippen LogP contribution in [0.3, 0.4) is 0 Å². The summed E-state index contributed by atoms with van der Waals surface area (Å²) in [4.78, 5) is 12.2. The monoisotopic (exact) mass is 383 g/mol. The summed E-state index contributed by atoms with van der Waals surface area (Å²) in [5.74, 6) is 0.341. The van der Waals surface area contributed by atoms with Gasteiger partial charge in [0, 0.05) is 8.95 Å². The summed E-state index contributed by atoms with van der Waals surface area (Å²) in [5, 5.41) is 2.84. The van der Waals surface area contributed by atoms with Gasteiger partial charge in [0.25, 0.3) is 5.91 Å². The van der Waals surface area contributed by atoms with Gasteiger partial charge in [-0.15, -0.1) is 0 Å². The van der Waals surface area contributed by atoms with Crippen LogP contribution in [0.2, 0.25) is 0 Å². The number of amides is 1. The molecule has 3 nitrogen and oxygen atoms in total. The smallest absolute Gasteiger partial charge is 0.259 e. The van der Waals surface area contributed by atoms with E-state index < -0.39 is 0 Å². The first-order valence-electron chi connectivity index (χ1n) is 5.51. The van der Waals surface area contributed by atoms with Crippen LogP contribution < -0.4 is 10.1 Å². The number of hydrogen-bond donors (Lipinski definition) is 1. The van der Waals surface area contributed by atoms with E-state index in [-0.39, 0.29) is 5.91 Å². The molecule has 5 heteroatoms. The molecule has 0 fully saturated rings. The Hall–Kier alpha value is -1.33. The molecule has 2 rings (SSSR count). The second kappa shape index (κ2) is 6.21. The van der Waals surface area contributed by atoms with Gasteiger partial charge in [0.2, 0.25) is 0 Å². The Morgan fingerprint density at radius 3 is 2.58 bits per heavy atom. The quantitative estimate of drug-likeness (QED) is 0.847. The number of para-hydroxylation sites is 1. The number of anilines is 1. The largest absolute Gasteiger partial charge is 0.496 e. The molecule has 1 amide bonds. The summed E-state index contributed by atoms with van der Waals surface area (Å²) >= 11 is 6.78. The standard InChI is InChI=1S/C14H11Br2NO2/c1-19-13-5-3-2-4-10(13)14(18)17-12-7-6-9(15)8-11(12)16/h2-8H,1H3,(H,17,18). The maximum Gasteiger partial charge on any atom is 0.259 e. The van der Waals surface area contributed by atoms with Crippen molar-refractivity contribution in [1.29, 1.82) is 0 Å². The van der Waals surface area contributed by atoms with E-state index in [0.717, 1.165) is 8.95 Å². The van der Waals surface area contributed by atoms with Crippen LogP contribution in [-0.4, -0.2) is 13.0 Å². The van der Waals surface area contributed by atoms with Crippen LogP contribution in [0.25, 0.3) is 0 Å². The average molecular weight is 385 g/mol. The van der Waals surface area contributed by atoms with Crippen molar-refractivity contribution in [2.24, 2.45) is 0 Å². The van der Waals surface area contributed by atoms with E-state index >= 15 is 0 Å². The maximum absolute atomic E-state index is 12.2. The van der Waals surface area contributed by atoms with Crippen LogP contribution in [0.5, 0.6) is 5.75 Å². The molecular weight excluding hydrogens is 374 g/mol. The lowest BCUT2D eigenvalue weighted by Gasteiger charge is -2.10.